The van der Waals surface area contributed by atoms with Gasteiger partial charge in [0.2, 0.25) is 11.1 Å². The monoisotopic (exact) mass is 303 g/mol. The predicted octanol–water partition coefficient (Wildman–Crippen LogP) is 1.19. The van der Waals surface area contributed by atoms with Crippen LogP contribution < -0.4 is 5.73 Å². The summed E-state index contributed by atoms with van der Waals surface area (Å²) in [5.41, 5.74) is 6.35. The fraction of sp³-hybridized carbons (Fsp3) is 0.455. The van der Waals surface area contributed by atoms with E-state index in [1.54, 1.807) is 6.20 Å². The van der Waals surface area contributed by atoms with Gasteiger partial charge in [-0.1, -0.05) is 12.8 Å². The Balaban J connectivity index is 1.72. The first kappa shape index (κ1) is 12.5. The third-order valence-electron chi connectivity index (χ3n) is 3.61. The van der Waals surface area contributed by atoms with Gasteiger partial charge in [0.25, 0.3) is 0 Å². The average Bonchev–Trinajstić information content (AvgIpc) is 3.18. The lowest BCUT2D eigenvalue weighted by atomic mass is 10.3. The fourth-order valence-electron chi connectivity index (χ4n) is 2.62. The Morgan fingerprint density at radius 1 is 1.29 bits per heavy atom. The van der Waals surface area contributed by atoms with Crippen LogP contribution in [0, 0.1) is 0 Å². The number of tetrazole rings is 1. The maximum absolute atomic E-state index is 5.73. The normalized spacial score (nSPS) is 16.0. The molecule has 1 saturated carbocycles. The van der Waals surface area contributed by atoms with Crippen LogP contribution in [0.1, 0.15) is 31.7 Å². The van der Waals surface area contributed by atoms with Gasteiger partial charge in [0.1, 0.15) is 5.03 Å². The van der Waals surface area contributed by atoms with Gasteiger partial charge in [-0.15, -0.1) is 5.10 Å². The molecule has 0 atom stereocenters. The number of nitrogens with two attached hydrogens (primary N) is 1. The summed E-state index contributed by atoms with van der Waals surface area (Å²) in [4.78, 5) is 8.38. The van der Waals surface area contributed by atoms with Crippen LogP contribution in [0.4, 0.5) is 5.95 Å². The van der Waals surface area contributed by atoms with Gasteiger partial charge in [-0.05, 0) is 35.0 Å². The molecule has 0 spiro atoms. The standard InChI is InChI=1S/C11H13N9S/c12-10-14-8-7(5-13-16-8)9(15-10)21-11-17-18-19-20(11)6-3-1-2-4-6/h5-6H,1-4H2,(H3,12,13,14,15,16). The first-order valence-corrected chi connectivity index (χ1v) is 7.55. The number of hydrogen-bond acceptors (Lipinski definition) is 8. The molecule has 0 aliphatic heterocycles. The van der Waals surface area contributed by atoms with Gasteiger partial charge in [-0.25, -0.2) is 9.67 Å². The van der Waals surface area contributed by atoms with Crippen LogP contribution in [0.25, 0.3) is 11.0 Å². The van der Waals surface area contributed by atoms with Crippen LogP contribution in [-0.2, 0) is 0 Å². The summed E-state index contributed by atoms with van der Waals surface area (Å²) in [6, 6.07) is 0.376. The van der Waals surface area contributed by atoms with Crippen LogP contribution in [0.5, 0.6) is 0 Å². The van der Waals surface area contributed by atoms with E-state index in [1.807, 2.05) is 4.68 Å². The quantitative estimate of drug-likeness (QED) is 0.691. The molecule has 1 fully saturated rings. The lowest BCUT2D eigenvalue weighted by molar-refractivity contribution is 0.423. The van der Waals surface area contributed by atoms with Gasteiger partial charge in [0.15, 0.2) is 5.65 Å². The van der Waals surface area contributed by atoms with E-state index in [2.05, 4.69) is 35.7 Å². The molecular formula is C11H13N9S. The minimum Gasteiger partial charge on any atom is -0.368 e. The van der Waals surface area contributed by atoms with Crippen molar-refractivity contribution in [1.82, 2.24) is 40.4 Å². The minimum atomic E-state index is 0.203. The Morgan fingerprint density at radius 2 is 2.14 bits per heavy atom. The van der Waals surface area contributed by atoms with Gasteiger partial charge >= 0.3 is 0 Å². The molecule has 4 rings (SSSR count). The number of aromatic nitrogens is 8. The number of aromatic amines is 1. The average molecular weight is 303 g/mol. The van der Waals surface area contributed by atoms with E-state index in [9.17, 15) is 0 Å². The number of nitrogens with zero attached hydrogens (tertiary/aromatic N) is 7. The Labute approximate surface area is 123 Å². The van der Waals surface area contributed by atoms with Crippen LogP contribution in [0.15, 0.2) is 16.4 Å². The second-order valence-corrected chi connectivity index (χ2v) is 5.92. The summed E-state index contributed by atoms with van der Waals surface area (Å²) >= 11 is 1.39. The Hall–Kier alpha value is -2.23. The van der Waals surface area contributed by atoms with Gasteiger partial charge in [-0.2, -0.15) is 10.1 Å². The number of nitrogen functional groups attached to an aromatic ring is 1. The number of rotatable bonds is 3. The Morgan fingerprint density at radius 3 is 3.00 bits per heavy atom. The molecule has 3 heterocycles. The van der Waals surface area contributed by atoms with Crippen molar-refractivity contribution in [1.29, 1.82) is 0 Å². The highest BCUT2D eigenvalue weighted by Gasteiger charge is 2.23. The largest absolute Gasteiger partial charge is 0.368 e. The van der Waals surface area contributed by atoms with Crippen molar-refractivity contribution < 1.29 is 0 Å². The maximum Gasteiger partial charge on any atom is 0.223 e. The molecule has 0 unspecified atom stereocenters. The van der Waals surface area contributed by atoms with Gasteiger partial charge in [-0.3, -0.25) is 5.10 Å². The molecule has 0 bridgehead atoms. The van der Waals surface area contributed by atoms with E-state index in [0.29, 0.717) is 16.7 Å². The number of H-pyrrole nitrogens is 1. The lowest BCUT2D eigenvalue weighted by Crippen LogP contribution is -2.08. The van der Waals surface area contributed by atoms with Crippen molar-refractivity contribution in [3.05, 3.63) is 6.20 Å². The van der Waals surface area contributed by atoms with Crippen LogP contribution >= 0.6 is 11.8 Å². The predicted molar refractivity (Wildman–Crippen MR) is 75.5 cm³/mol. The molecule has 0 saturated heterocycles. The second-order valence-electron chi connectivity index (χ2n) is 4.97. The van der Waals surface area contributed by atoms with Crippen molar-refractivity contribution in [3.8, 4) is 0 Å². The molecule has 0 aromatic carbocycles. The van der Waals surface area contributed by atoms with Gasteiger partial charge in [0, 0.05) is 0 Å². The summed E-state index contributed by atoms with van der Waals surface area (Å²) in [6.45, 7) is 0. The third-order valence-corrected chi connectivity index (χ3v) is 4.57. The van der Waals surface area contributed by atoms with E-state index < -0.39 is 0 Å². The highest BCUT2D eigenvalue weighted by Crippen LogP contribution is 2.35. The van der Waals surface area contributed by atoms with Crippen molar-refractivity contribution in [2.24, 2.45) is 0 Å². The highest BCUT2D eigenvalue weighted by molar-refractivity contribution is 7.99. The summed E-state index contributed by atoms with van der Waals surface area (Å²) in [5.74, 6) is 0.203. The smallest absolute Gasteiger partial charge is 0.223 e. The Kier molecular flexibility index (Phi) is 2.95. The SMILES string of the molecule is Nc1nc(Sc2nnnn2C2CCCC2)c2cn[nH]c2n1. The van der Waals surface area contributed by atoms with Crippen molar-refractivity contribution in [3.63, 3.8) is 0 Å². The summed E-state index contributed by atoms with van der Waals surface area (Å²) in [6.07, 6.45) is 6.36. The molecule has 0 radical (unpaired) electrons. The molecule has 21 heavy (non-hydrogen) atoms. The minimum absolute atomic E-state index is 0.203. The molecule has 1 aliphatic rings. The van der Waals surface area contributed by atoms with E-state index in [4.69, 9.17) is 5.73 Å². The molecule has 1 aliphatic carbocycles. The zero-order valence-corrected chi connectivity index (χ0v) is 11.9. The third kappa shape index (κ3) is 2.20. The van der Waals surface area contributed by atoms with E-state index in [1.165, 1.54) is 24.6 Å². The van der Waals surface area contributed by atoms with Crippen molar-refractivity contribution in [2.45, 2.75) is 41.9 Å². The van der Waals surface area contributed by atoms with Crippen LogP contribution in [-0.4, -0.2) is 40.4 Å². The first-order chi connectivity index (χ1) is 10.3. The Bertz CT molecular complexity index is 773. The highest BCUT2D eigenvalue weighted by atomic mass is 32.2. The van der Waals surface area contributed by atoms with Crippen LogP contribution in [0.3, 0.4) is 0 Å². The molecule has 3 aromatic rings. The maximum atomic E-state index is 5.73. The number of nitrogens with one attached hydrogen (secondary N) is 1. The molecule has 9 nitrogen and oxygen atoms in total. The van der Waals surface area contributed by atoms with Crippen molar-refractivity contribution >= 4 is 28.7 Å². The molecule has 0 amide bonds. The van der Waals surface area contributed by atoms with Gasteiger partial charge < -0.3 is 5.73 Å². The number of anilines is 1. The molecule has 3 N–H and O–H groups in total. The number of fused-ring (bicyclic) bond motifs is 1. The zero-order chi connectivity index (χ0) is 14.2. The zero-order valence-electron chi connectivity index (χ0n) is 11.1. The van der Waals surface area contributed by atoms with Crippen molar-refractivity contribution in [2.75, 3.05) is 5.73 Å². The van der Waals surface area contributed by atoms with E-state index >= 15 is 0 Å². The van der Waals surface area contributed by atoms with E-state index in [-0.39, 0.29) is 5.95 Å². The molecule has 10 heteroatoms. The summed E-state index contributed by atoms with van der Waals surface area (Å²) in [5, 5.41) is 21.1. The van der Waals surface area contributed by atoms with Crippen LogP contribution in [0.2, 0.25) is 0 Å². The first-order valence-electron chi connectivity index (χ1n) is 6.73. The fourth-order valence-corrected chi connectivity index (χ4v) is 3.55. The molecule has 108 valence electrons. The number of hydrogen-bond donors (Lipinski definition) is 2. The molecule has 3 aromatic heterocycles. The van der Waals surface area contributed by atoms with E-state index in [0.717, 1.165) is 23.4 Å². The molecular weight excluding hydrogens is 290 g/mol. The lowest BCUT2D eigenvalue weighted by Gasteiger charge is -2.10. The summed E-state index contributed by atoms with van der Waals surface area (Å²) in [7, 11) is 0. The summed E-state index contributed by atoms with van der Waals surface area (Å²) < 4.78 is 1.89. The second kappa shape index (κ2) is 4.95. The van der Waals surface area contributed by atoms with Gasteiger partial charge in [0.05, 0.1) is 17.6 Å². The topological polar surface area (TPSA) is 124 Å².